The van der Waals surface area contributed by atoms with E-state index < -0.39 is 0 Å². The molecule has 2 heterocycles. The Morgan fingerprint density at radius 1 is 1.12 bits per heavy atom. The molecule has 0 spiro atoms. The minimum Gasteiger partial charge on any atom is -0.341 e. The van der Waals surface area contributed by atoms with Crippen LogP contribution in [0.1, 0.15) is 19.8 Å². The van der Waals surface area contributed by atoms with Gasteiger partial charge in [-0.25, -0.2) is 0 Å². The summed E-state index contributed by atoms with van der Waals surface area (Å²) in [4.78, 5) is 12.5. The Morgan fingerprint density at radius 3 is 2.67 bits per heavy atom. The quantitative estimate of drug-likeness (QED) is 0.772. The van der Waals surface area contributed by atoms with Gasteiger partial charge in [0.25, 0.3) is 0 Å². The van der Waals surface area contributed by atoms with Crippen molar-refractivity contribution in [2.75, 3.05) is 18.4 Å². The molecule has 0 bridgehead atoms. The summed E-state index contributed by atoms with van der Waals surface area (Å²) in [5, 5.41) is 8.87. The van der Waals surface area contributed by atoms with Crippen molar-refractivity contribution in [3.05, 3.63) is 42.5 Å². The summed E-state index contributed by atoms with van der Waals surface area (Å²) in [7, 11) is 0. The predicted molar refractivity (Wildman–Crippen MR) is 99.3 cm³/mol. The first-order valence-electron chi connectivity index (χ1n) is 8.80. The molecule has 4 rings (SSSR count). The molecule has 124 valence electrons. The van der Waals surface area contributed by atoms with Crippen LogP contribution in [0.15, 0.2) is 42.5 Å². The normalized spacial score (nSPS) is 15.9. The van der Waals surface area contributed by atoms with E-state index in [0.717, 1.165) is 38.2 Å². The van der Waals surface area contributed by atoms with Crippen LogP contribution in [-0.2, 0) is 11.3 Å². The lowest BCUT2D eigenvalue weighted by molar-refractivity contribution is -0.120. The van der Waals surface area contributed by atoms with Crippen LogP contribution in [-0.4, -0.2) is 23.6 Å². The number of carbonyl (C=O) groups excluding carboxylic acids is 1. The molecule has 2 N–H and O–H groups in total. The number of nitrogens with one attached hydrogen (secondary N) is 2. The van der Waals surface area contributed by atoms with E-state index in [9.17, 15) is 4.79 Å². The molecule has 2 aromatic carbocycles. The average Bonchev–Trinajstić information content (AvgIpc) is 2.95. The monoisotopic (exact) mass is 321 g/mol. The second kappa shape index (κ2) is 6.29. The Kier molecular flexibility index (Phi) is 3.98. The van der Waals surface area contributed by atoms with E-state index in [1.165, 1.54) is 21.8 Å². The summed E-state index contributed by atoms with van der Waals surface area (Å²) in [6, 6.07) is 14.7. The van der Waals surface area contributed by atoms with Crippen molar-refractivity contribution in [2.45, 2.75) is 26.3 Å². The Bertz CT molecular complexity index is 890. The smallest absolute Gasteiger partial charge is 0.227 e. The summed E-state index contributed by atoms with van der Waals surface area (Å²) in [5.41, 5.74) is 3.36. The first-order chi connectivity index (χ1) is 11.8. The fourth-order valence-corrected chi connectivity index (χ4v) is 3.80. The number of amides is 1. The molecule has 0 atom stereocenters. The lowest BCUT2D eigenvalue weighted by Gasteiger charge is -2.21. The van der Waals surface area contributed by atoms with Crippen molar-refractivity contribution in [1.29, 1.82) is 0 Å². The summed E-state index contributed by atoms with van der Waals surface area (Å²) < 4.78 is 2.32. The molecule has 0 saturated carbocycles. The number of aromatic nitrogens is 1. The molecule has 1 aliphatic heterocycles. The van der Waals surface area contributed by atoms with Gasteiger partial charge in [0, 0.05) is 40.0 Å². The molecule has 4 heteroatoms. The van der Waals surface area contributed by atoms with Crippen molar-refractivity contribution in [3.63, 3.8) is 0 Å². The number of rotatable bonds is 3. The van der Waals surface area contributed by atoms with E-state index in [1.807, 2.05) is 6.07 Å². The van der Waals surface area contributed by atoms with Crippen LogP contribution in [0, 0.1) is 5.92 Å². The molecule has 0 aliphatic carbocycles. The molecule has 1 aromatic heterocycles. The van der Waals surface area contributed by atoms with Crippen molar-refractivity contribution in [1.82, 2.24) is 9.88 Å². The van der Waals surface area contributed by atoms with Gasteiger partial charge in [-0.1, -0.05) is 18.2 Å². The van der Waals surface area contributed by atoms with E-state index in [1.54, 1.807) is 0 Å². The minimum atomic E-state index is 0.124. The highest BCUT2D eigenvalue weighted by atomic mass is 16.1. The van der Waals surface area contributed by atoms with Gasteiger partial charge in [0.2, 0.25) is 5.91 Å². The van der Waals surface area contributed by atoms with Crippen LogP contribution in [0.4, 0.5) is 5.69 Å². The fraction of sp³-hybridized carbons (Fsp3) is 0.350. The van der Waals surface area contributed by atoms with Gasteiger partial charge in [-0.15, -0.1) is 0 Å². The molecule has 1 aliphatic rings. The van der Waals surface area contributed by atoms with Gasteiger partial charge in [0.15, 0.2) is 0 Å². The highest BCUT2D eigenvalue weighted by Gasteiger charge is 2.21. The third kappa shape index (κ3) is 2.57. The predicted octanol–water partition coefficient (Wildman–Crippen LogP) is 3.75. The van der Waals surface area contributed by atoms with Gasteiger partial charge < -0.3 is 15.2 Å². The van der Waals surface area contributed by atoms with Crippen molar-refractivity contribution < 1.29 is 4.79 Å². The third-order valence-electron chi connectivity index (χ3n) is 5.07. The molecule has 1 fully saturated rings. The number of hydrogen-bond donors (Lipinski definition) is 2. The number of aryl methyl sites for hydroxylation is 1. The molecule has 24 heavy (non-hydrogen) atoms. The second-order valence-corrected chi connectivity index (χ2v) is 6.51. The average molecular weight is 321 g/mol. The first kappa shape index (κ1) is 15.2. The molecular formula is C20H23N3O. The SMILES string of the molecule is CCn1c2ccccc2c2cc(NC(=O)C3CCNCC3)ccc21. The largest absolute Gasteiger partial charge is 0.341 e. The van der Waals surface area contributed by atoms with Crippen LogP contribution in [0.2, 0.25) is 0 Å². The molecule has 0 radical (unpaired) electrons. The maximum absolute atomic E-state index is 12.5. The zero-order valence-electron chi connectivity index (χ0n) is 14.0. The van der Waals surface area contributed by atoms with Gasteiger partial charge in [-0.2, -0.15) is 0 Å². The second-order valence-electron chi connectivity index (χ2n) is 6.51. The van der Waals surface area contributed by atoms with Crippen molar-refractivity contribution in [2.24, 2.45) is 5.92 Å². The van der Waals surface area contributed by atoms with E-state index in [0.29, 0.717) is 0 Å². The van der Waals surface area contributed by atoms with Crippen molar-refractivity contribution >= 4 is 33.4 Å². The van der Waals surface area contributed by atoms with E-state index in [4.69, 9.17) is 0 Å². The maximum atomic E-state index is 12.5. The van der Waals surface area contributed by atoms with Crippen LogP contribution >= 0.6 is 0 Å². The Labute approximate surface area is 141 Å². The third-order valence-corrected chi connectivity index (χ3v) is 5.07. The summed E-state index contributed by atoms with van der Waals surface area (Å²) in [5.74, 6) is 0.272. The summed E-state index contributed by atoms with van der Waals surface area (Å²) >= 11 is 0. The highest BCUT2D eigenvalue weighted by Crippen LogP contribution is 2.31. The number of carbonyl (C=O) groups is 1. The number of piperidine rings is 1. The van der Waals surface area contributed by atoms with Gasteiger partial charge in [-0.3, -0.25) is 4.79 Å². The lowest BCUT2D eigenvalue weighted by atomic mass is 9.97. The molecule has 1 saturated heterocycles. The van der Waals surface area contributed by atoms with E-state index in [-0.39, 0.29) is 11.8 Å². The zero-order chi connectivity index (χ0) is 16.5. The van der Waals surface area contributed by atoms with E-state index >= 15 is 0 Å². The van der Waals surface area contributed by atoms with Crippen LogP contribution in [0.25, 0.3) is 21.8 Å². The maximum Gasteiger partial charge on any atom is 0.227 e. The number of nitrogens with zero attached hydrogens (tertiary/aromatic N) is 1. The number of benzene rings is 2. The number of anilines is 1. The van der Waals surface area contributed by atoms with Gasteiger partial charge in [-0.05, 0) is 57.1 Å². The fourth-order valence-electron chi connectivity index (χ4n) is 3.80. The van der Waals surface area contributed by atoms with Crippen LogP contribution < -0.4 is 10.6 Å². The Balaban J connectivity index is 1.70. The Hall–Kier alpha value is -2.33. The van der Waals surface area contributed by atoms with E-state index in [2.05, 4.69) is 58.5 Å². The van der Waals surface area contributed by atoms with Crippen molar-refractivity contribution in [3.8, 4) is 0 Å². The number of fused-ring (bicyclic) bond motifs is 3. The van der Waals surface area contributed by atoms with Gasteiger partial charge >= 0.3 is 0 Å². The van der Waals surface area contributed by atoms with Gasteiger partial charge in [0.1, 0.15) is 0 Å². The molecule has 0 unspecified atom stereocenters. The number of hydrogen-bond acceptors (Lipinski definition) is 2. The van der Waals surface area contributed by atoms with Gasteiger partial charge in [0.05, 0.1) is 0 Å². The molecular weight excluding hydrogens is 298 g/mol. The Morgan fingerprint density at radius 2 is 1.88 bits per heavy atom. The zero-order valence-corrected chi connectivity index (χ0v) is 14.0. The number of para-hydroxylation sites is 1. The standard InChI is InChI=1S/C20H23N3O/c1-2-23-18-6-4-3-5-16(18)17-13-15(7-8-19(17)23)22-20(24)14-9-11-21-12-10-14/h3-8,13-14,21H,2,9-12H2,1H3,(H,22,24). The highest BCUT2D eigenvalue weighted by molar-refractivity contribution is 6.09. The first-order valence-corrected chi connectivity index (χ1v) is 8.80. The minimum absolute atomic E-state index is 0.124. The molecule has 4 nitrogen and oxygen atoms in total. The van der Waals surface area contributed by atoms with Crippen LogP contribution in [0.3, 0.4) is 0 Å². The topological polar surface area (TPSA) is 46.1 Å². The molecule has 1 amide bonds. The summed E-state index contributed by atoms with van der Waals surface area (Å²) in [6.07, 6.45) is 1.84. The van der Waals surface area contributed by atoms with Crippen LogP contribution in [0.5, 0.6) is 0 Å². The summed E-state index contributed by atoms with van der Waals surface area (Å²) in [6.45, 7) is 4.96. The lowest BCUT2D eigenvalue weighted by Crippen LogP contribution is -2.34. The molecule has 3 aromatic rings.